The molecule has 6 nitrogen and oxygen atoms in total. The molecule has 2 heterocycles. The molecule has 142 valence electrons. The largest absolute Gasteiger partial charge is 0.469 e. The van der Waals surface area contributed by atoms with E-state index in [9.17, 15) is 4.79 Å². The van der Waals surface area contributed by atoms with E-state index in [1.54, 1.807) is 25.3 Å². The van der Waals surface area contributed by atoms with Crippen molar-refractivity contribution in [1.82, 2.24) is 15.1 Å². The van der Waals surface area contributed by atoms with Gasteiger partial charge in [0.05, 0.1) is 6.26 Å². The first kappa shape index (κ1) is 22.1. The highest BCUT2D eigenvalue weighted by atomic mass is 127. The maximum Gasteiger partial charge on any atom is 0.243 e. The molecular formula is C17H29IN4O2S. The van der Waals surface area contributed by atoms with Crippen LogP contribution in [-0.4, -0.2) is 72.4 Å². The lowest BCUT2D eigenvalue weighted by atomic mass is 10.2. The Balaban J connectivity index is 0.00000312. The highest BCUT2D eigenvalue weighted by Crippen LogP contribution is 2.29. The average Bonchev–Trinajstić information content (AvgIpc) is 3.02. The Morgan fingerprint density at radius 3 is 2.84 bits per heavy atom. The molecule has 0 atom stereocenters. The SMILES string of the molecule is CN(C)C(=O)CN=C(NCCc1ccco1)N1CCSC(C)(C)C1.I. The molecule has 1 amide bonds. The fourth-order valence-corrected chi connectivity index (χ4v) is 3.61. The standard InChI is InChI=1S/C17H28N4O2S.HI/c1-17(2)13-21(9-11-24-17)16(19-12-15(22)20(3)4)18-8-7-14-6-5-10-23-14;/h5-6,10H,7-9,11-13H2,1-4H3,(H,18,19);1H. The fourth-order valence-electron chi connectivity index (χ4n) is 2.50. The number of furan rings is 1. The monoisotopic (exact) mass is 480 g/mol. The highest BCUT2D eigenvalue weighted by molar-refractivity contribution is 14.0. The van der Waals surface area contributed by atoms with Crippen LogP contribution in [0.5, 0.6) is 0 Å². The molecule has 1 fully saturated rings. The molecule has 0 aromatic carbocycles. The zero-order valence-electron chi connectivity index (χ0n) is 15.4. The second kappa shape index (κ2) is 10.3. The Morgan fingerprint density at radius 2 is 2.24 bits per heavy atom. The molecule has 1 aliphatic rings. The van der Waals surface area contributed by atoms with Gasteiger partial charge in [-0.3, -0.25) is 4.79 Å². The summed E-state index contributed by atoms with van der Waals surface area (Å²) in [6.07, 6.45) is 2.48. The molecule has 0 saturated carbocycles. The van der Waals surface area contributed by atoms with E-state index >= 15 is 0 Å². The molecule has 1 saturated heterocycles. The summed E-state index contributed by atoms with van der Waals surface area (Å²) in [5.74, 6) is 2.82. The van der Waals surface area contributed by atoms with Crippen molar-refractivity contribution < 1.29 is 9.21 Å². The molecule has 1 aromatic heterocycles. The number of halogens is 1. The summed E-state index contributed by atoms with van der Waals surface area (Å²) in [6.45, 7) is 7.24. The van der Waals surface area contributed by atoms with Gasteiger partial charge in [-0.25, -0.2) is 4.99 Å². The van der Waals surface area contributed by atoms with Crippen LogP contribution < -0.4 is 5.32 Å². The zero-order chi connectivity index (χ0) is 17.6. The van der Waals surface area contributed by atoms with Crippen molar-refractivity contribution in [3.05, 3.63) is 24.2 Å². The Morgan fingerprint density at radius 1 is 1.48 bits per heavy atom. The second-order valence-corrected chi connectivity index (χ2v) is 8.52. The van der Waals surface area contributed by atoms with Crippen molar-refractivity contribution in [2.24, 2.45) is 4.99 Å². The van der Waals surface area contributed by atoms with Crippen LogP contribution in [0.25, 0.3) is 0 Å². The summed E-state index contributed by atoms with van der Waals surface area (Å²) in [6, 6.07) is 3.86. The van der Waals surface area contributed by atoms with Crippen molar-refractivity contribution in [3.8, 4) is 0 Å². The molecule has 0 unspecified atom stereocenters. The molecule has 0 aliphatic carbocycles. The number of nitrogens with zero attached hydrogens (tertiary/aromatic N) is 3. The van der Waals surface area contributed by atoms with Crippen molar-refractivity contribution in [2.45, 2.75) is 25.0 Å². The number of carbonyl (C=O) groups excluding carboxylic acids is 1. The van der Waals surface area contributed by atoms with Crippen LogP contribution in [0.4, 0.5) is 0 Å². The van der Waals surface area contributed by atoms with Gasteiger partial charge in [0.25, 0.3) is 0 Å². The fraction of sp³-hybridized carbons (Fsp3) is 0.647. The zero-order valence-corrected chi connectivity index (χ0v) is 18.6. The Bertz CT molecular complexity index is 561. The third kappa shape index (κ3) is 7.47. The van der Waals surface area contributed by atoms with Gasteiger partial charge >= 0.3 is 0 Å². The number of rotatable bonds is 5. The van der Waals surface area contributed by atoms with Crippen LogP contribution in [0.2, 0.25) is 0 Å². The summed E-state index contributed by atoms with van der Waals surface area (Å²) in [7, 11) is 3.50. The van der Waals surface area contributed by atoms with E-state index in [4.69, 9.17) is 4.42 Å². The van der Waals surface area contributed by atoms with E-state index in [1.807, 2.05) is 23.9 Å². The lowest BCUT2D eigenvalue weighted by molar-refractivity contribution is -0.127. The molecular weight excluding hydrogens is 451 g/mol. The van der Waals surface area contributed by atoms with E-state index in [-0.39, 0.29) is 41.2 Å². The van der Waals surface area contributed by atoms with Crippen LogP contribution in [0.15, 0.2) is 27.8 Å². The molecule has 8 heteroatoms. The van der Waals surface area contributed by atoms with Gasteiger partial charge in [-0.15, -0.1) is 24.0 Å². The number of aliphatic imine (C=N–C) groups is 1. The number of nitrogens with one attached hydrogen (secondary N) is 1. The third-order valence-electron chi connectivity index (χ3n) is 3.82. The van der Waals surface area contributed by atoms with E-state index < -0.39 is 0 Å². The number of guanidine groups is 1. The van der Waals surface area contributed by atoms with Gasteiger partial charge < -0.3 is 19.5 Å². The number of carbonyl (C=O) groups is 1. The smallest absolute Gasteiger partial charge is 0.243 e. The van der Waals surface area contributed by atoms with Crippen molar-refractivity contribution in [2.75, 3.05) is 46.0 Å². The summed E-state index contributed by atoms with van der Waals surface area (Å²) in [5.41, 5.74) is 0. The Hall–Kier alpha value is -0.900. The predicted molar refractivity (Wildman–Crippen MR) is 115 cm³/mol. The average molecular weight is 480 g/mol. The van der Waals surface area contributed by atoms with E-state index in [0.29, 0.717) is 0 Å². The van der Waals surface area contributed by atoms with Crippen molar-refractivity contribution >= 4 is 47.6 Å². The quantitative estimate of drug-likeness (QED) is 0.398. The number of thioether (sulfide) groups is 1. The number of likely N-dealkylation sites (N-methyl/N-ethyl adjacent to an activating group) is 1. The minimum atomic E-state index is 0. The molecule has 1 aromatic rings. The summed E-state index contributed by atoms with van der Waals surface area (Å²) in [5, 5.41) is 3.40. The summed E-state index contributed by atoms with van der Waals surface area (Å²) in [4.78, 5) is 20.2. The van der Waals surface area contributed by atoms with Gasteiger partial charge in [0.2, 0.25) is 5.91 Å². The molecule has 25 heavy (non-hydrogen) atoms. The van der Waals surface area contributed by atoms with E-state index in [0.717, 1.165) is 43.5 Å². The van der Waals surface area contributed by atoms with Gasteiger partial charge in [-0.1, -0.05) is 0 Å². The first-order chi connectivity index (χ1) is 11.4. The first-order valence-corrected chi connectivity index (χ1v) is 9.26. The number of amides is 1. The Labute approximate surface area is 171 Å². The lowest BCUT2D eigenvalue weighted by Crippen LogP contribution is -2.51. The molecule has 0 bridgehead atoms. The van der Waals surface area contributed by atoms with Gasteiger partial charge in [0.15, 0.2) is 5.96 Å². The third-order valence-corrected chi connectivity index (χ3v) is 5.12. The molecule has 0 spiro atoms. The number of hydrogen-bond acceptors (Lipinski definition) is 4. The Kier molecular flexibility index (Phi) is 9.12. The van der Waals surface area contributed by atoms with E-state index in [1.165, 1.54) is 0 Å². The van der Waals surface area contributed by atoms with Crippen molar-refractivity contribution in [1.29, 1.82) is 0 Å². The van der Waals surface area contributed by atoms with Gasteiger partial charge in [-0.2, -0.15) is 11.8 Å². The van der Waals surface area contributed by atoms with Crippen LogP contribution in [0, 0.1) is 0 Å². The minimum absolute atomic E-state index is 0. The molecule has 1 aliphatic heterocycles. The lowest BCUT2D eigenvalue weighted by Gasteiger charge is -2.39. The first-order valence-electron chi connectivity index (χ1n) is 8.27. The van der Waals surface area contributed by atoms with Crippen LogP contribution in [-0.2, 0) is 11.2 Å². The van der Waals surface area contributed by atoms with Gasteiger partial charge in [0.1, 0.15) is 12.3 Å². The predicted octanol–water partition coefficient (Wildman–Crippen LogP) is 2.30. The number of hydrogen-bond donors (Lipinski definition) is 1. The van der Waals surface area contributed by atoms with Crippen LogP contribution >= 0.6 is 35.7 Å². The highest BCUT2D eigenvalue weighted by Gasteiger charge is 2.28. The molecule has 2 rings (SSSR count). The molecule has 1 N–H and O–H groups in total. The second-order valence-electron chi connectivity index (χ2n) is 6.71. The molecule has 0 radical (unpaired) electrons. The van der Waals surface area contributed by atoms with Gasteiger partial charge in [-0.05, 0) is 26.0 Å². The van der Waals surface area contributed by atoms with E-state index in [2.05, 4.69) is 29.1 Å². The van der Waals surface area contributed by atoms with Crippen LogP contribution in [0.3, 0.4) is 0 Å². The normalized spacial score (nSPS) is 17.0. The van der Waals surface area contributed by atoms with Crippen molar-refractivity contribution in [3.63, 3.8) is 0 Å². The van der Waals surface area contributed by atoms with Crippen LogP contribution in [0.1, 0.15) is 19.6 Å². The topological polar surface area (TPSA) is 61.1 Å². The minimum Gasteiger partial charge on any atom is -0.469 e. The van der Waals surface area contributed by atoms with Gasteiger partial charge in [0, 0.05) is 50.7 Å². The maximum atomic E-state index is 11.9. The summed E-state index contributed by atoms with van der Waals surface area (Å²) < 4.78 is 5.55. The maximum absolute atomic E-state index is 11.9. The summed E-state index contributed by atoms with van der Waals surface area (Å²) >= 11 is 1.98.